The molecule has 2 heterocycles. The number of furan rings is 1. The second-order valence-corrected chi connectivity index (χ2v) is 5.63. The highest BCUT2D eigenvalue weighted by molar-refractivity contribution is 5.88. The van der Waals surface area contributed by atoms with E-state index in [0.29, 0.717) is 11.3 Å². The number of hydrogen-bond donors (Lipinski definition) is 1. The maximum atomic E-state index is 11.0. The first-order valence-electron chi connectivity index (χ1n) is 6.68. The van der Waals surface area contributed by atoms with E-state index < -0.39 is 5.97 Å². The summed E-state index contributed by atoms with van der Waals surface area (Å²) in [6.07, 6.45) is 4.10. The van der Waals surface area contributed by atoms with Crippen LogP contribution in [0.4, 0.5) is 0 Å². The van der Waals surface area contributed by atoms with Crippen molar-refractivity contribution in [2.45, 2.75) is 32.7 Å². The Morgan fingerprint density at radius 1 is 1.44 bits per heavy atom. The first kappa shape index (κ1) is 11.8. The Labute approximate surface area is 107 Å². The number of carboxylic acid groups (broad SMARTS) is 1. The summed E-state index contributed by atoms with van der Waals surface area (Å²) in [6, 6.07) is 1.67. The highest BCUT2D eigenvalue weighted by atomic mass is 16.4. The third kappa shape index (κ3) is 2.05. The molecule has 1 aromatic rings. The predicted octanol–water partition coefficient (Wildman–Crippen LogP) is 2.52. The van der Waals surface area contributed by atoms with Crippen LogP contribution < -0.4 is 0 Å². The molecule has 2 atom stereocenters. The Balaban J connectivity index is 1.67. The van der Waals surface area contributed by atoms with Gasteiger partial charge in [-0.3, -0.25) is 4.90 Å². The summed E-state index contributed by atoms with van der Waals surface area (Å²) in [5, 5.41) is 9.00. The summed E-state index contributed by atoms with van der Waals surface area (Å²) < 4.78 is 5.54. The molecule has 4 nitrogen and oxygen atoms in total. The molecule has 1 aliphatic carbocycles. The number of fused-ring (bicyclic) bond motifs is 1. The number of rotatable bonds is 3. The third-order valence-corrected chi connectivity index (χ3v) is 4.38. The molecule has 0 amide bonds. The van der Waals surface area contributed by atoms with E-state index in [1.165, 1.54) is 19.3 Å². The summed E-state index contributed by atoms with van der Waals surface area (Å²) in [4.78, 5) is 13.4. The fourth-order valence-corrected chi connectivity index (χ4v) is 3.52. The molecule has 4 heteroatoms. The zero-order valence-electron chi connectivity index (χ0n) is 10.7. The van der Waals surface area contributed by atoms with Gasteiger partial charge in [0.25, 0.3) is 0 Å². The number of nitrogens with zero attached hydrogens (tertiary/aromatic N) is 1. The van der Waals surface area contributed by atoms with Crippen LogP contribution >= 0.6 is 0 Å². The lowest BCUT2D eigenvalue weighted by Gasteiger charge is -2.14. The highest BCUT2D eigenvalue weighted by Crippen LogP contribution is 2.38. The van der Waals surface area contributed by atoms with E-state index in [1.54, 1.807) is 13.0 Å². The Morgan fingerprint density at radius 3 is 2.67 bits per heavy atom. The van der Waals surface area contributed by atoms with E-state index >= 15 is 0 Å². The van der Waals surface area contributed by atoms with Gasteiger partial charge in [-0.15, -0.1) is 0 Å². The van der Waals surface area contributed by atoms with Crippen molar-refractivity contribution in [2.24, 2.45) is 11.8 Å². The lowest BCUT2D eigenvalue weighted by Crippen LogP contribution is -2.20. The average Bonchev–Trinajstić information content (AvgIpc) is 2.92. The summed E-state index contributed by atoms with van der Waals surface area (Å²) in [5.41, 5.74) is 0.296. The van der Waals surface area contributed by atoms with Gasteiger partial charge >= 0.3 is 5.97 Å². The quantitative estimate of drug-likeness (QED) is 0.894. The van der Waals surface area contributed by atoms with Crippen LogP contribution in [0.15, 0.2) is 10.5 Å². The van der Waals surface area contributed by atoms with Gasteiger partial charge in [-0.1, -0.05) is 6.42 Å². The molecule has 18 heavy (non-hydrogen) atoms. The van der Waals surface area contributed by atoms with E-state index in [-0.39, 0.29) is 0 Å². The molecule has 0 aromatic carbocycles. The van der Waals surface area contributed by atoms with E-state index in [1.807, 2.05) is 0 Å². The minimum atomic E-state index is -0.902. The minimum Gasteiger partial charge on any atom is -0.478 e. The lowest BCUT2D eigenvalue weighted by atomic mass is 10.0. The van der Waals surface area contributed by atoms with Crippen molar-refractivity contribution in [1.29, 1.82) is 0 Å². The fourth-order valence-electron chi connectivity index (χ4n) is 3.52. The molecule has 2 aliphatic rings. The fraction of sp³-hybridized carbons (Fsp3) is 0.643. The van der Waals surface area contributed by atoms with E-state index in [9.17, 15) is 4.79 Å². The molecule has 98 valence electrons. The Kier molecular flexibility index (Phi) is 2.90. The monoisotopic (exact) mass is 249 g/mol. The molecule has 0 bridgehead atoms. The molecule has 2 fully saturated rings. The number of hydrogen-bond acceptors (Lipinski definition) is 3. The first-order valence-corrected chi connectivity index (χ1v) is 6.68. The van der Waals surface area contributed by atoms with E-state index in [4.69, 9.17) is 9.52 Å². The summed E-state index contributed by atoms with van der Waals surface area (Å²) in [6.45, 7) is 4.76. The molecular formula is C14H19NO3. The lowest BCUT2D eigenvalue weighted by molar-refractivity contribution is 0.0695. The van der Waals surface area contributed by atoms with Crippen LogP contribution in [0, 0.1) is 18.8 Å². The van der Waals surface area contributed by atoms with Crippen LogP contribution in [0.2, 0.25) is 0 Å². The Hall–Kier alpha value is -1.29. The average molecular weight is 249 g/mol. The molecule has 1 aromatic heterocycles. The van der Waals surface area contributed by atoms with Crippen LogP contribution in [-0.2, 0) is 6.54 Å². The summed E-state index contributed by atoms with van der Waals surface area (Å²) in [7, 11) is 0. The molecule has 1 aliphatic heterocycles. The summed E-state index contributed by atoms with van der Waals surface area (Å²) >= 11 is 0. The van der Waals surface area contributed by atoms with Crippen LogP contribution in [0.5, 0.6) is 0 Å². The zero-order chi connectivity index (χ0) is 12.7. The van der Waals surface area contributed by atoms with Gasteiger partial charge in [-0.25, -0.2) is 4.79 Å². The van der Waals surface area contributed by atoms with Gasteiger partial charge in [0, 0.05) is 13.1 Å². The second-order valence-electron chi connectivity index (χ2n) is 5.63. The van der Waals surface area contributed by atoms with Crippen LogP contribution in [-0.4, -0.2) is 29.1 Å². The normalized spacial score (nSPS) is 27.6. The van der Waals surface area contributed by atoms with Gasteiger partial charge in [0.1, 0.15) is 17.1 Å². The standard InChI is InChI=1S/C14H19NO3/c1-9-13(14(16)17)5-12(18-9)8-15-6-10-3-2-4-11(10)7-15/h5,10-11H,2-4,6-8H2,1H3,(H,16,17). The first-order chi connectivity index (χ1) is 8.63. The molecule has 2 unspecified atom stereocenters. The Morgan fingerprint density at radius 2 is 2.11 bits per heavy atom. The number of carboxylic acids is 1. The van der Waals surface area contributed by atoms with Gasteiger partial charge in [-0.2, -0.15) is 0 Å². The smallest absolute Gasteiger partial charge is 0.339 e. The van der Waals surface area contributed by atoms with Gasteiger partial charge in [-0.05, 0) is 37.7 Å². The van der Waals surface area contributed by atoms with Gasteiger partial charge < -0.3 is 9.52 Å². The maximum absolute atomic E-state index is 11.0. The largest absolute Gasteiger partial charge is 0.478 e. The van der Waals surface area contributed by atoms with Crippen molar-refractivity contribution in [3.05, 3.63) is 23.2 Å². The van der Waals surface area contributed by atoms with Crippen LogP contribution in [0.3, 0.4) is 0 Å². The van der Waals surface area contributed by atoms with Crippen LogP contribution in [0.1, 0.15) is 41.1 Å². The van der Waals surface area contributed by atoms with Gasteiger partial charge in [0.05, 0.1) is 6.54 Å². The van der Waals surface area contributed by atoms with Crippen molar-refractivity contribution in [3.63, 3.8) is 0 Å². The van der Waals surface area contributed by atoms with Crippen molar-refractivity contribution < 1.29 is 14.3 Å². The second kappa shape index (κ2) is 4.43. The van der Waals surface area contributed by atoms with Gasteiger partial charge in [0.15, 0.2) is 0 Å². The maximum Gasteiger partial charge on any atom is 0.339 e. The minimum absolute atomic E-state index is 0.296. The SMILES string of the molecule is Cc1oc(CN2CC3CCCC3C2)cc1C(=O)O. The molecule has 0 spiro atoms. The van der Waals surface area contributed by atoms with Crippen molar-refractivity contribution in [1.82, 2.24) is 4.90 Å². The van der Waals surface area contributed by atoms with E-state index in [2.05, 4.69) is 4.90 Å². The number of likely N-dealkylation sites (tertiary alicyclic amines) is 1. The zero-order valence-corrected chi connectivity index (χ0v) is 10.7. The van der Waals surface area contributed by atoms with E-state index in [0.717, 1.165) is 37.2 Å². The number of carbonyl (C=O) groups is 1. The van der Waals surface area contributed by atoms with Crippen molar-refractivity contribution in [3.8, 4) is 0 Å². The topological polar surface area (TPSA) is 53.7 Å². The summed E-state index contributed by atoms with van der Waals surface area (Å²) in [5.74, 6) is 2.11. The molecule has 1 saturated heterocycles. The molecule has 0 radical (unpaired) electrons. The molecular weight excluding hydrogens is 230 g/mol. The van der Waals surface area contributed by atoms with Crippen LogP contribution in [0.25, 0.3) is 0 Å². The van der Waals surface area contributed by atoms with Crippen molar-refractivity contribution >= 4 is 5.97 Å². The molecule has 1 N–H and O–H groups in total. The number of aryl methyl sites for hydroxylation is 1. The van der Waals surface area contributed by atoms with Gasteiger partial charge in [0.2, 0.25) is 0 Å². The number of aromatic carboxylic acids is 1. The predicted molar refractivity (Wildman–Crippen MR) is 66.5 cm³/mol. The third-order valence-electron chi connectivity index (χ3n) is 4.38. The highest BCUT2D eigenvalue weighted by Gasteiger charge is 2.36. The van der Waals surface area contributed by atoms with Crippen molar-refractivity contribution in [2.75, 3.05) is 13.1 Å². The molecule has 1 saturated carbocycles. The Bertz CT molecular complexity index is 454. The molecule has 3 rings (SSSR count).